The maximum Gasteiger partial charge on any atom is 0.145 e. The molecular formula is C9H16O2. The van der Waals surface area contributed by atoms with E-state index in [1.165, 1.54) is 0 Å². The zero-order chi connectivity index (χ0) is 8.91. The van der Waals surface area contributed by atoms with Crippen molar-refractivity contribution in [1.29, 1.82) is 0 Å². The molecule has 0 aromatic heterocycles. The van der Waals surface area contributed by atoms with E-state index in [1.807, 2.05) is 13.8 Å². The molecule has 0 heterocycles. The molecule has 64 valence electrons. The lowest BCUT2D eigenvalue weighted by Crippen LogP contribution is -2.30. The van der Waals surface area contributed by atoms with E-state index in [4.69, 9.17) is 0 Å². The van der Waals surface area contributed by atoms with Gasteiger partial charge in [0.1, 0.15) is 12.1 Å². The molecule has 0 saturated carbocycles. The van der Waals surface area contributed by atoms with Gasteiger partial charge in [-0.05, 0) is 12.8 Å². The quantitative estimate of drug-likeness (QED) is 0.450. The predicted molar refractivity (Wildman–Crippen MR) is 44.4 cm³/mol. The fourth-order valence-corrected chi connectivity index (χ4v) is 1.23. The number of carbonyl (C=O) groups is 2. The molecule has 0 atom stereocenters. The van der Waals surface area contributed by atoms with Crippen LogP contribution < -0.4 is 0 Å². The fourth-order valence-electron chi connectivity index (χ4n) is 1.23. The Hall–Kier alpha value is -0.660. The summed E-state index contributed by atoms with van der Waals surface area (Å²) in [5.74, 6) is 0.0671. The minimum absolute atomic E-state index is 0.0671. The summed E-state index contributed by atoms with van der Waals surface area (Å²) in [7, 11) is 0. The monoisotopic (exact) mass is 156 g/mol. The van der Waals surface area contributed by atoms with Gasteiger partial charge in [0.15, 0.2) is 0 Å². The van der Waals surface area contributed by atoms with E-state index in [2.05, 4.69) is 0 Å². The molecule has 0 radical (unpaired) electrons. The van der Waals surface area contributed by atoms with Crippen LogP contribution in [0.25, 0.3) is 0 Å². The molecule has 0 amide bonds. The van der Waals surface area contributed by atoms with Gasteiger partial charge in [-0.3, -0.25) is 4.79 Å². The summed E-state index contributed by atoms with van der Waals surface area (Å²) in [5, 5.41) is 0. The Labute approximate surface area is 68.0 Å². The summed E-state index contributed by atoms with van der Waals surface area (Å²) in [4.78, 5) is 22.0. The van der Waals surface area contributed by atoms with Crippen LogP contribution in [-0.4, -0.2) is 12.1 Å². The van der Waals surface area contributed by atoms with Crippen LogP contribution in [0.15, 0.2) is 0 Å². The normalized spacial score (nSPS) is 11.2. The third-order valence-corrected chi connectivity index (χ3v) is 2.36. The van der Waals surface area contributed by atoms with Crippen molar-refractivity contribution in [1.82, 2.24) is 0 Å². The third-order valence-electron chi connectivity index (χ3n) is 2.36. The first-order chi connectivity index (χ1) is 5.16. The lowest BCUT2D eigenvalue weighted by atomic mass is 9.79. The first-order valence-electron chi connectivity index (χ1n) is 4.16. The Balaban J connectivity index is 4.53. The van der Waals surface area contributed by atoms with Gasteiger partial charge < -0.3 is 4.79 Å². The van der Waals surface area contributed by atoms with Gasteiger partial charge in [0.25, 0.3) is 0 Å². The van der Waals surface area contributed by atoms with Crippen molar-refractivity contribution in [3.63, 3.8) is 0 Å². The molecule has 0 fully saturated rings. The van der Waals surface area contributed by atoms with Crippen molar-refractivity contribution in [2.45, 2.75) is 40.0 Å². The average Bonchev–Trinajstić information content (AvgIpc) is 2.08. The number of carbonyl (C=O) groups excluding carboxylic acids is 2. The van der Waals surface area contributed by atoms with E-state index in [9.17, 15) is 9.59 Å². The molecule has 0 unspecified atom stereocenters. The number of rotatable bonds is 5. The smallest absolute Gasteiger partial charge is 0.145 e. The van der Waals surface area contributed by atoms with E-state index >= 15 is 0 Å². The molecule has 0 rings (SSSR count). The van der Waals surface area contributed by atoms with Gasteiger partial charge in [-0.2, -0.15) is 0 Å². The summed E-state index contributed by atoms with van der Waals surface area (Å²) in [5.41, 5.74) is -0.686. The molecule has 2 heteroatoms. The predicted octanol–water partition coefficient (Wildman–Crippen LogP) is 1.97. The first-order valence-corrected chi connectivity index (χ1v) is 4.16. The molecule has 0 aliphatic carbocycles. The number of Topliss-reactive ketones (excluding diaryl/α,β-unsaturated/α-hetero) is 1. The van der Waals surface area contributed by atoms with Crippen molar-refractivity contribution < 1.29 is 9.59 Å². The van der Waals surface area contributed by atoms with Gasteiger partial charge in [0.05, 0.1) is 5.41 Å². The Kier molecular flexibility index (Phi) is 4.01. The van der Waals surface area contributed by atoms with E-state index in [-0.39, 0.29) is 5.78 Å². The SMILES string of the molecule is CCC(=O)C(C=O)(CC)CC. The number of hydrogen-bond acceptors (Lipinski definition) is 2. The van der Waals surface area contributed by atoms with Crippen molar-refractivity contribution in [2.24, 2.45) is 5.41 Å². The molecule has 0 aromatic carbocycles. The van der Waals surface area contributed by atoms with E-state index < -0.39 is 5.41 Å². The van der Waals surface area contributed by atoms with Crippen molar-refractivity contribution >= 4 is 12.1 Å². The van der Waals surface area contributed by atoms with Crippen LogP contribution in [0.5, 0.6) is 0 Å². The molecule has 0 N–H and O–H groups in total. The van der Waals surface area contributed by atoms with Crippen molar-refractivity contribution in [3.05, 3.63) is 0 Å². The first kappa shape index (κ1) is 10.3. The Morgan fingerprint density at radius 2 is 1.73 bits per heavy atom. The van der Waals surface area contributed by atoms with E-state index in [1.54, 1.807) is 6.92 Å². The average molecular weight is 156 g/mol. The maximum absolute atomic E-state index is 11.3. The van der Waals surface area contributed by atoms with Gasteiger partial charge >= 0.3 is 0 Å². The summed E-state index contributed by atoms with van der Waals surface area (Å²) < 4.78 is 0. The Morgan fingerprint density at radius 1 is 1.27 bits per heavy atom. The number of ketones is 1. The molecule has 11 heavy (non-hydrogen) atoms. The summed E-state index contributed by atoms with van der Waals surface area (Å²) in [6.45, 7) is 5.56. The van der Waals surface area contributed by atoms with Crippen LogP contribution >= 0.6 is 0 Å². The highest BCUT2D eigenvalue weighted by Crippen LogP contribution is 2.25. The number of aldehydes is 1. The largest absolute Gasteiger partial charge is 0.302 e. The second-order valence-electron chi connectivity index (χ2n) is 2.76. The van der Waals surface area contributed by atoms with Gasteiger partial charge in [0, 0.05) is 6.42 Å². The van der Waals surface area contributed by atoms with E-state index in [0.29, 0.717) is 19.3 Å². The molecule has 2 nitrogen and oxygen atoms in total. The maximum atomic E-state index is 11.3. The fraction of sp³-hybridized carbons (Fsp3) is 0.778. The molecule has 0 aliphatic heterocycles. The van der Waals surface area contributed by atoms with Crippen LogP contribution in [-0.2, 0) is 9.59 Å². The highest BCUT2D eigenvalue weighted by molar-refractivity contribution is 5.97. The summed E-state index contributed by atoms with van der Waals surface area (Å²) in [6.07, 6.45) is 2.51. The number of hydrogen-bond donors (Lipinski definition) is 0. The second kappa shape index (κ2) is 4.27. The molecule has 0 saturated heterocycles. The molecule has 0 aromatic rings. The zero-order valence-corrected chi connectivity index (χ0v) is 7.52. The lowest BCUT2D eigenvalue weighted by Gasteiger charge is -2.21. The standard InChI is InChI=1S/C9H16O2/c1-4-8(11)9(5-2,6-3)7-10/h7H,4-6H2,1-3H3. The second-order valence-corrected chi connectivity index (χ2v) is 2.76. The summed E-state index contributed by atoms with van der Waals surface area (Å²) >= 11 is 0. The van der Waals surface area contributed by atoms with Crippen molar-refractivity contribution in [3.8, 4) is 0 Å². The molecule has 0 bridgehead atoms. The molecule has 0 aliphatic rings. The van der Waals surface area contributed by atoms with Gasteiger partial charge in [-0.15, -0.1) is 0 Å². The van der Waals surface area contributed by atoms with Crippen LogP contribution in [0.2, 0.25) is 0 Å². The van der Waals surface area contributed by atoms with Crippen LogP contribution in [0.4, 0.5) is 0 Å². The Bertz CT molecular complexity index is 146. The molecule has 0 spiro atoms. The highest BCUT2D eigenvalue weighted by Gasteiger charge is 2.32. The zero-order valence-electron chi connectivity index (χ0n) is 7.52. The minimum Gasteiger partial charge on any atom is -0.302 e. The van der Waals surface area contributed by atoms with Crippen LogP contribution in [0, 0.1) is 5.41 Å². The van der Waals surface area contributed by atoms with Gasteiger partial charge in [0.2, 0.25) is 0 Å². The third kappa shape index (κ3) is 1.88. The lowest BCUT2D eigenvalue weighted by molar-refractivity contribution is -0.134. The Morgan fingerprint density at radius 3 is 1.82 bits per heavy atom. The topological polar surface area (TPSA) is 34.1 Å². The minimum atomic E-state index is -0.686. The van der Waals surface area contributed by atoms with Crippen LogP contribution in [0.1, 0.15) is 40.0 Å². The van der Waals surface area contributed by atoms with Gasteiger partial charge in [-0.25, -0.2) is 0 Å². The van der Waals surface area contributed by atoms with Crippen molar-refractivity contribution in [2.75, 3.05) is 0 Å². The van der Waals surface area contributed by atoms with Gasteiger partial charge in [-0.1, -0.05) is 20.8 Å². The van der Waals surface area contributed by atoms with E-state index in [0.717, 1.165) is 6.29 Å². The summed E-state index contributed by atoms with van der Waals surface area (Å²) in [6, 6.07) is 0. The molecular weight excluding hydrogens is 140 g/mol. The highest BCUT2D eigenvalue weighted by atomic mass is 16.1. The van der Waals surface area contributed by atoms with Crippen LogP contribution in [0.3, 0.4) is 0 Å².